The van der Waals surface area contributed by atoms with E-state index in [-0.39, 0.29) is 5.91 Å². The van der Waals surface area contributed by atoms with Crippen molar-refractivity contribution in [2.75, 3.05) is 18.8 Å². The molecule has 3 aromatic rings. The highest BCUT2D eigenvalue weighted by molar-refractivity contribution is 7.99. The number of nitrogens with zero attached hydrogens (tertiary/aromatic N) is 2. The average Bonchev–Trinajstić information content (AvgIpc) is 3.29. The van der Waals surface area contributed by atoms with Crippen LogP contribution in [0.15, 0.2) is 53.1 Å². The first-order valence-corrected chi connectivity index (χ1v) is 9.89. The number of aromatic nitrogens is 2. The fourth-order valence-electron chi connectivity index (χ4n) is 3.11. The standard InChI is InChI=1S/C19H18ClN3O2S/c20-14-5-2-1-4-13(14)18-7-8-23(9-11-26-18)19(24)16-12-15(21-22-16)17-6-3-10-25-17/h1-6,10,12,18H,7-9,11H2,(H,21,22)/t18-/m1/s1. The number of carbonyl (C=O) groups excluding carboxylic acids is 1. The van der Waals surface area contributed by atoms with Crippen molar-refractivity contribution >= 4 is 29.3 Å². The van der Waals surface area contributed by atoms with Crippen LogP contribution in [0.25, 0.3) is 11.5 Å². The normalized spacial score (nSPS) is 17.9. The lowest BCUT2D eigenvalue weighted by molar-refractivity contribution is 0.0760. The number of halogens is 1. The zero-order valence-corrected chi connectivity index (χ0v) is 15.6. The number of hydrogen-bond donors (Lipinski definition) is 1. The van der Waals surface area contributed by atoms with Gasteiger partial charge in [-0.2, -0.15) is 16.9 Å². The fraction of sp³-hybridized carbons (Fsp3) is 0.263. The quantitative estimate of drug-likeness (QED) is 0.710. The molecule has 4 rings (SSSR count). The molecule has 0 saturated carbocycles. The van der Waals surface area contributed by atoms with E-state index in [4.69, 9.17) is 16.0 Å². The lowest BCUT2D eigenvalue weighted by atomic mass is 10.1. The SMILES string of the molecule is O=C(c1cc(-c2ccco2)[nH]n1)N1CCS[C@@H](c2ccccc2Cl)CC1. The van der Waals surface area contributed by atoms with Crippen molar-refractivity contribution in [3.05, 3.63) is 65.0 Å². The smallest absolute Gasteiger partial charge is 0.274 e. The molecule has 134 valence electrons. The molecular formula is C19H18ClN3O2S. The maximum absolute atomic E-state index is 12.8. The maximum Gasteiger partial charge on any atom is 0.274 e. The minimum absolute atomic E-state index is 0.0561. The summed E-state index contributed by atoms with van der Waals surface area (Å²) in [5.41, 5.74) is 2.27. The van der Waals surface area contributed by atoms with Gasteiger partial charge in [-0.15, -0.1) is 0 Å². The highest BCUT2D eigenvalue weighted by atomic mass is 35.5. The van der Waals surface area contributed by atoms with Crippen LogP contribution in [-0.2, 0) is 0 Å². The van der Waals surface area contributed by atoms with Gasteiger partial charge < -0.3 is 9.32 Å². The van der Waals surface area contributed by atoms with Crippen molar-refractivity contribution in [2.45, 2.75) is 11.7 Å². The van der Waals surface area contributed by atoms with Crippen LogP contribution in [0.5, 0.6) is 0 Å². The van der Waals surface area contributed by atoms with Gasteiger partial charge in [-0.1, -0.05) is 29.8 Å². The number of thioether (sulfide) groups is 1. The van der Waals surface area contributed by atoms with E-state index in [1.54, 1.807) is 18.4 Å². The maximum atomic E-state index is 12.8. The topological polar surface area (TPSA) is 62.1 Å². The Labute approximate surface area is 160 Å². The molecule has 0 bridgehead atoms. The highest BCUT2D eigenvalue weighted by Gasteiger charge is 2.25. The first-order chi connectivity index (χ1) is 12.7. The summed E-state index contributed by atoms with van der Waals surface area (Å²) in [7, 11) is 0. The number of aromatic amines is 1. The summed E-state index contributed by atoms with van der Waals surface area (Å²) in [4.78, 5) is 14.7. The van der Waals surface area contributed by atoms with E-state index >= 15 is 0 Å². The number of carbonyl (C=O) groups is 1. The minimum Gasteiger partial charge on any atom is -0.463 e. The lowest BCUT2D eigenvalue weighted by Crippen LogP contribution is -2.33. The second kappa shape index (κ2) is 7.60. The molecule has 0 radical (unpaired) electrons. The first kappa shape index (κ1) is 17.2. The number of furan rings is 1. The second-order valence-corrected chi connectivity index (χ2v) is 7.82. The molecular weight excluding hydrogens is 370 g/mol. The second-order valence-electron chi connectivity index (χ2n) is 6.11. The van der Waals surface area contributed by atoms with Crippen molar-refractivity contribution in [3.8, 4) is 11.5 Å². The van der Waals surface area contributed by atoms with Gasteiger partial charge >= 0.3 is 0 Å². The zero-order valence-electron chi connectivity index (χ0n) is 14.0. The minimum atomic E-state index is -0.0561. The summed E-state index contributed by atoms with van der Waals surface area (Å²) in [6, 6.07) is 13.3. The Balaban J connectivity index is 1.46. The van der Waals surface area contributed by atoms with E-state index in [1.807, 2.05) is 40.9 Å². The van der Waals surface area contributed by atoms with Gasteiger partial charge in [0.25, 0.3) is 5.91 Å². The van der Waals surface area contributed by atoms with Crippen molar-refractivity contribution in [2.24, 2.45) is 0 Å². The summed E-state index contributed by atoms with van der Waals surface area (Å²) in [6.45, 7) is 1.39. The van der Waals surface area contributed by atoms with Crippen LogP contribution >= 0.6 is 23.4 Å². The molecule has 1 atom stereocenters. The summed E-state index contributed by atoms with van der Waals surface area (Å²) in [5.74, 6) is 1.48. The van der Waals surface area contributed by atoms with Gasteiger partial charge in [-0.05, 0) is 30.2 Å². The monoisotopic (exact) mass is 387 g/mol. The Morgan fingerprint density at radius 2 is 2.15 bits per heavy atom. The molecule has 0 aliphatic carbocycles. The molecule has 1 aliphatic rings. The number of rotatable bonds is 3. The van der Waals surface area contributed by atoms with E-state index in [9.17, 15) is 4.79 Å². The summed E-state index contributed by atoms with van der Waals surface area (Å²) in [6.07, 6.45) is 2.47. The molecule has 2 aromatic heterocycles. The molecule has 1 aromatic carbocycles. The highest BCUT2D eigenvalue weighted by Crippen LogP contribution is 2.38. The van der Waals surface area contributed by atoms with Crippen LogP contribution in [0.4, 0.5) is 0 Å². The van der Waals surface area contributed by atoms with Gasteiger partial charge in [-0.25, -0.2) is 0 Å². The summed E-state index contributed by atoms with van der Waals surface area (Å²) >= 11 is 8.19. The summed E-state index contributed by atoms with van der Waals surface area (Å²) < 4.78 is 5.34. The number of benzene rings is 1. The molecule has 1 fully saturated rings. The molecule has 7 heteroatoms. The summed E-state index contributed by atoms with van der Waals surface area (Å²) in [5, 5.41) is 8.13. The average molecular weight is 388 g/mol. The van der Waals surface area contributed by atoms with Gasteiger partial charge in [0.2, 0.25) is 0 Å². The third-order valence-corrected chi connectivity index (χ3v) is 6.12. The predicted molar refractivity (Wildman–Crippen MR) is 103 cm³/mol. The number of H-pyrrole nitrogens is 1. The van der Waals surface area contributed by atoms with Gasteiger partial charge in [0.1, 0.15) is 5.69 Å². The molecule has 0 unspecified atom stereocenters. The van der Waals surface area contributed by atoms with Crippen LogP contribution in [0.3, 0.4) is 0 Å². The van der Waals surface area contributed by atoms with Gasteiger partial charge in [-0.3, -0.25) is 9.89 Å². The third-order valence-electron chi connectivity index (χ3n) is 4.46. The van der Waals surface area contributed by atoms with Crippen molar-refractivity contribution in [1.82, 2.24) is 15.1 Å². The van der Waals surface area contributed by atoms with Crippen LogP contribution < -0.4 is 0 Å². The molecule has 1 N–H and O–H groups in total. The third kappa shape index (κ3) is 3.52. The molecule has 3 heterocycles. The van der Waals surface area contributed by atoms with E-state index < -0.39 is 0 Å². The van der Waals surface area contributed by atoms with Crippen molar-refractivity contribution in [1.29, 1.82) is 0 Å². The zero-order chi connectivity index (χ0) is 17.9. The van der Waals surface area contributed by atoms with E-state index in [0.717, 1.165) is 22.8 Å². The largest absolute Gasteiger partial charge is 0.463 e. The Kier molecular flexibility index (Phi) is 5.04. The number of hydrogen-bond acceptors (Lipinski definition) is 4. The van der Waals surface area contributed by atoms with Crippen molar-refractivity contribution < 1.29 is 9.21 Å². The van der Waals surface area contributed by atoms with Crippen LogP contribution in [-0.4, -0.2) is 39.8 Å². The van der Waals surface area contributed by atoms with E-state index in [2.05, 4.69) is 16.3 Å². The van der Waals surface area contributed by atoms with Gasteiger partial charge in [0, 0.05) is 35.2 Å². The van der Waals surface area contributed by atoms with Crippen molar-refractivity contribution in [3.63, 3.8) is 0 Å². The molecule has 1 aliphatic heterocycles. The van der Waals surface area contributed by atoms with Crippen LogP contribution in [0.2, 0.25) is 5.02 Å². The number of amides is 1. The van der Waals surface area contributed by atoms with E-state index in [1.165, 1.54) is 0 Å². The van der Waals surface area contributed by atoms with E-state index in [0.29, 0.717) is 35.5 Å². The first-order valence-electron chi connectivity index (χ1n) is 8.47. The molecule has 26 heavy (non-hydrogen) atoms. The van der Waals surface area contributed by atoms with Crippen LogP contribution in [0, 0.1) is 0 Å². The van der Waals surface area contributed by atoms with Gasteiger partial charge in [0.05, 0.1) is 6.26 Å². The fourth-order valence-corrected chi connectivity index (χ4v) is 4.71. The molecule has 1 saturated heterocycles. The molecule has 5 nitrogen and oxygen atoms in total. The molecule has 1 amide bonds. The number of nitrogens with one attached hydrogen (secondary N) is 1. The Hall–Kier alpha value is -2.18. The van der Waals surface area contributed by atoms with Gasteiger partial charge in [0.15, 0.2) is 11.5 Å². The Morgan fingerprint density at radius 3 is 2.96 bits per heavy atom. The predicted octanol–water partition coefficient (Wildman–Crippen LogP) is 4.64. The lowest BCUT2D eigenvalue weighted by Gasteiger charge is -2.19. The van der Waals surface area contributed by atoms with Crippen LogP contribution in [0.1, 0.15) is 27.7 Å². The Bertz CT molecular complexity index is 894. The molecule has 0 spiro atoms. The Morgan fingerprint density at radius 1 is 1.27 bits per heavy atom.